The normalized spacial score (nSPS) is 12.9. The third kappa shape index (κ3) is 2.52. The highest BCUT2D eigenvalue weighted by molar-refractivity contribution is 7.84. The molecule has 0 aliphatic rings. The lowest BCUT2D eigenvalue weighted by Crippen LogP contribution is -1.98. The maximum atomic E-state index is 12.2. The van der Waals surface area contributed by atoms with Crippen LogP contribution < -0.4 is 5.73 Å². The maximum absolute atomic E-state index is 12.2. The van der Waals surface area contributed by atoms with Crippen LogP contribution in [0.25, 0.3) is 11.0 Å². The average molecular weight is 292 g/mol. The van der Waals surface area contributed by atoms with Gasteiger partial charge < -0.3 is 10.7 Å². The number of aromatic amines is 1. The van der Waals surface area contributed by atoms with E-state index in [1.807, 2.05) is 18.4 Å². The van der Waals surface area contributed by atoms with Crippen LogP contribution in [0, 0.1) is 6.92 Å². The second-order valence-electron chi connectivity index (χ2n) is 4.19. The van der Waals surface area contributed by atoms with E-state index in [2.05, 4.69) is 15.0 Å². The fraction of sp³-hybridized carbons (Fsp3) is 0.167. The van der Waals surface area contributed by atoms with Crippen molar-refractivity contribution in [1.29, 1.82) is 0 Å². The molecule has 1 unspecified atom stereocenters. The zero-order chi connectivity index (χ0) is 13.4. The molecule has 2 aromatic heterocycles. The fourth-order valence-corrected chi connectivity index (χ4v) is 3.76. The summed E-state index contributed by atoms with van der Waals surface area (Å²) in [5, 5.41) is 3.27. The molecule has 0 spiro atoms. The van der Waals surface area contributed by atoms with Crippen molar-refractivity contribution in [2.75, 3.05) is 5.73 Å². The summed E-state index contributed by atoms with van der Waals surface area (Å²) in [4.78, 5) is 11.7. The number of nitrogens with zero attached hydrogens (tertiary/aromatic N) is 2. The first-order chi connectivity index (χ1) is 9.11. The minimum atomic E-state index is -1.22. The van der Waals surface area contributed by atoms with Gasteiger partial charge in [0.25, 0.3) is 0 Å². The Morgan fingerprint density at radius 3 is 3.00 bits per heavy atom. The molecule has 98 valence electrons. The molecule has 3 rings (SSSR count). The first kappa shape index (κ1) is 12.3. The number of nitrogens with one attached hydrogen (secondary N) is 1. The van der Waals surface area contributed by atoms with E-state index in [0.717, 1.165) is 21.7 Å². The third-order valence-corrected chi connectivity index (χ3v) is 4.93. The molecule has 3 N–H and O–H groups in total. The zero-order valence-corrected chi connectivity index (χ0v) is 11.8. The van der Waals surface area contributed by atoms with E-state index in [1.165, 1.54) is 11.3 Å². The Labute approximate surface area is 116 Å². The molecule has 1 atom stereocenters. The number of aryl methyl sites for hydroxylation is 1. The standard InChI is InChI=1S/C12H12N4OS2/c1-7-5-18-11(14-7)6-19(17)12-15-9-3-2-8(13)4-10(9)16-12/h2-5H,6,13H2,1H3,(H,15,16). The number of H-pyrrole nitrogens is 1. The molecule has 19 heavy (non-hydrogen) atoms. The first-order valence-electron chi connectivity index (χ1n) is 5.66. The van der Waals surface area contributed by atoms with Crippen molar-refractivity contribution in [3.8, 4) is 0 Å². The maximum Gasteiger partial charge on any atom is 0.197 e. The van der Waals surface area contributed by atoms with Crippen molar-refractivity contribution in [3.63, 3.8) is 0 Å². The molecule has 0 radical (unpaired) electrons. The van der Waals surface area contributed by atoms with E-state index in [9.17, 15) is 4.21 Å². The van der Waals surface area contributed by atoms with E-state index in [1.54, 1.807) is 12.1 Å². The summed E-state index contributed by atoms with van der Waals surface area (Å²) in [5.41, 5.74) is 8.89. The van der Waals surface area contributed by atoms with Gasteiger partial charge in [0.2, 0.25) is 0 Å². The molecule has 0 fully saturated rings. The largest absolute Gasteiger partial charge is 0.399 e. The second-order valence-corrected chi connectivity index (χ2v) is 6.50. The van der Waals surface area contributed by atoms with Crippen LogP contribution in [0.5, 0.6) is 0 Å². The number of fused-ring (bicyclic) bond motifs is 1. The van der Waals surface area contributed by atoms with Crippen LogP contribution in [0.2, 0.25) is 0 Å². The van der Waals surface area contributed by atoms with Gasteiger partial charge in [0.15, 0.2) is 5.16 Å². The summed E-state index contributed by atoms with van der Waals surface area (Å²) in [6.45, 7) is 1.92. The molecule has 0 amide bonds. The van der Waals surface area contributed by atoms with Crippen LogP contribution in [0.15, 0.2) is 28.7 Å². The van der Waals surface area contributed by atoms with Crippen LogP contribution in [0.3, 0.4) is 0 Å². The molecule has 0 bridgehead atoms. The van der Waals surface area contributed by atoms with Crippen LogP contribution in [-0.2, 0) is 16.6 Å². The minimum Gasteiger partial charge on any atom is -0.399 e. The lowest BCUT2D eigenvalue weighted by molar-refractivity contribution is 0.677. The summed E-state index contributed by atoms with van der Waals surface area (Å²) < 4.78 is 12.2. The molecule has 7 heteroatoms. The van der Waals surface area contributed by atoms with E-state index < -0.39 is 10.8 Å². The van der Waals surface area contributed by atoms with Gasteiger partial charge in [0.1, 0.15) is 5.01 Å². The van der Waals surface area contributed by atoms with E-state index in [0.29, 0.717) is 16.6 Å². The monoisotopic (exact) mass is 292 g/mol. The molecule has 0 aliphatic carbocycles. The number of hydrogen-bond donors (Lipinski definition) is 2. The third-order valence-electron chi connectivity index (χ3n) is 2.62. The summed E-state index contributed by atoms with van der Waals surface area (Å²) in [5.74, 6) is 0.383. The van der Waals surface area contributed by atoms with Crippen LogP contribution in [0.1, 0.15) is 10.7 Å². The van der Waals surface area contributed by atoms with Crippen molar-refractivity contribution < 1.29 is 4.21 Å². The Balaban J connectivity index is 1.89. The smallest absolute Gasteiger partial charge is 0.197 e. The topological polar surface area (TPSA) is 84.7 Å². The van der Waals surface area contributed by atoms with Gasteiger partial charge in [-0.15, -0.1) is 11.3 Å². The number of hydrogen-bond acceptors (Lipinski definition) is 5. The van der Waals surface area contributed by atoms with Gasteiger partial charge in [-0.1, -0.05) is 0 Å². The Morgan fingerprint density at radius 1 is 1.42 bits per heavy atom. The van der Waals surface area contributed by atoms with Gasteiger partial charge in [0, 0.05) is 16.8 Å². The summed E-state index contributed by atoms with van der Waals surface area (Å²) in [7, 11) is -1.22. The number of nitrogens with two attached hydrogens (primary N) is 1. The molecule has 5 nitrogen and oxygen atoms in total. The van der Waals surface area contributed by atoms with Gasteiger partial charge >= 0.3 is 0 Å². The number of rotatable bonds is 3. The Kier molecular flexibility index (Phi) is 3.08. The van der Waals surface area contributed by atoms with Crippen LogP contribution >= 0.6 is 11.3 Å². The number of anilines is 1. The number of imidazole rings is 1. The summed E-state index contributed by atoms with van der Waals surface area (Å²) >= 11 is 1.52. The van der Waals surface area contributed by atoms with Crippen molar-refractivity contribution in [2.45, 2.75) is 17.8 Å². The minimum absolute atomic E-state index is 0.383. The first-order valence-corrected chi connectivity index (χ1v) is 7.86. The zero-order valence-electron chi connectivity index (χ0n) is 10.2. The molecule has 0 aliphatic heterocycles. The van der Waals surface area contributed by atoms with Gasteiger partial charge in [0.05, 0.1) is 27.6 Å². The fourth-order valence-electron chi connectivity index (χ4n) is 1.76. The molecule has 1 aromatic carbocycles. The van der Waals surface area contributed by atoms with Crippen molar-refractivity contribution >= 4 is 38.9 Å². The molecule has 0 saturated carbocycles. The molecule has 2 heterocycles. The Hall–Kier alpha value is -1.73. The number of nitrogen functional groups attached to an aromatic ring is 1. The van der Waals surface area contributed by atoms with Crippen LogP contribution in [0.4, 0.5) is 5.69 Å². The SMILES string of the molecule is Cc1csc(CS(=O)c2nc3ccc(N)cc3[nH]2)n1. The van der Waals surface area contributed by atoms with Crippen molar-refractivity contribution in [3.05, 3.63) is 34.3 Å². The number of aromatic nitrogens is 3. The van der Waals surface area contributed by atoms with Gasteiger partial charge in [-0.3, -0.25) is 4.21 Å². The molecular weight excluding hydrogens is 280 g/mol. The highest BCUT2D eigenvalue weighted by Gasteiger charge is 2.12. The molecule has 0 saturated heterocycles. The molecular formula is C12H12N4OS2. The number of benzene rings is 1. The summed E-state index contributed by atoms with van der Waals surface area (Å²) in [6.07, 6.45) is 0. The predicted octanol–water partition coefficient (Wildman–Crippen LogP) is 2.22. The van der Waals surface area contributed by atoms with Gasteiger partial charge in [-0.25, -0.2) is 9.97 Å². The van der Waals surface area contributed by atoms with Gasteiger partial charge in [-0.05, 0) is 25.1 Å². The highest BCUT2D eigenvalue weighted by atomic mass is 32.2. The average Bonchev–Trinajstić information content (AvgIpc) is 2.95. The van der Waals surface area contributed by atoms with Crippen LogP contribution in [-0.4, -0.2) is 19.2 Å². The quantitative estimate of drug-likeness (QED) is 0.725. The van der Waals surface area contributed by atoms with Gasteiger partial charge in [-0.2, -0.15) is 0 Å². The van der Waals surface area contributed by atoms with E-state index >= 15 is 0 Å². The number of thiazole rings is 1. The Bertz CT molecular complexity index is 762. The predicted molar refractivity (Wildman–Crippen MR) is 77.5 cm³/mol. The van der Waals surface area contributed by atoms with E-state index in [-0.39, 0.29) is 0 Å². The highest BCUT2D eigenvalue weighted by Crippen LogP contribution is 2.19. The van der Waals surface area contributed by atoms with Crippen molar-refractivity contribution in [1.82, 2.24) is 15.0 Å². The van der Waals surface area contributed by atoms with Crippen molar-refractivity contribution in [2.24, 2.45) is 0 Å². The lowest BCUT2D eigenvalue weighted by Gasteiger charge is -1.94. The lowest BCUT2D eigenvalue weighted by atomic mass is 10.3. The molecule has 3 aromatic rings. The van der Waals surface area contributed by atoms with E-state index in [4.69, 9.17) is 5.73 Å². The summed E-state index contributed by atoms with van der Waals surface area (Å²) in [6, 6.07) is 5.38. The second kappa shape index (κ2) is 4.75. The Morgan fingerprint density at radius 2 is 2.26 bits per heavy atom.